The van der Waals surface area contributed by atoms with Crippen molar-refractivity contribution in [3.63, 3.8) is 0 Å². The average molecular weight is 313 g/mol. The van der Waals surface area contributed by atoms with Gasteiger partial charge in [-0.1, -0.05) is 0 Å². The fraction of sp³-hybridized carbons (Fsp3) is 0.273. The summed E-state index contributed by atoms with van der Waals surface area (Å²) in [7, 11) is 0. The standard InChI is InChI=1S/C11H13BrN4S/c1-2-13-11-14-4-3-10(16-11)15-6-9-5-8(12)7-17-9/h3-5,7H,2,6H2,1H3,(H2,13,14,15,16). The SMILES string of the molecule is CCNc1nccc(NCc2cc(Br)cs2)n1. The Kier molecular flexibility index (Phi) is 4.33. The quantitative estimate of drug-likeness (QED) is 0.889. The Morgan fingerprint density at radius 1 is 1.41 bits per heavy atom. The van der Waals surface area contributed by atoms with Crippen LogP contribution in [0.2, 0.25) is 0 Å². The molecule has 0 radical (unpaired) electrons. The molecule has 90 valence electrons. The second-order valence-corrected chi connectivity index (χ2v) is 5.29. The lowest BCUT2D eigenvalue weighted by molar-refractivity contribution is 1.06. The van der Waals surface area contributed by atoms with Crippen LogP contribution >= 0.6 is 27.3 Å². The lowest BCUT2D eigenvalue weighted by Gasteiger charge is -2.06. The van der Waals surface area contributed by atoms with Gasteiger partial charge in [0.25, 0.3) is 0 Å². The Labute approximate surface area is 113 Å². The van der Waals surface area contributed by atoms with E-state index in [0.29, 0.717) is 5.95 Å². The highest BCUT2D eigenvalue weighted by atomic mass is 79.9. The highest BCUT2D eigenvalue weighted by Gasteiger charge is 2.00. The minimum atomic E-state index is 0.657. The van der Waals surface area contributed by atoms with Gasteiger partial charge in [-0.05, 0) is 35.0 Å². The van der Waals surface area contributed by atoms with Gasteiger partial charge in [0.15, 0.2) is 0 Å². The van der Waals surface area contributed by atoms with E-state index in [1.54, 1.807) is 17.5 Å². The number of nitrogens with one attached hydrogen (secondary N) is 2. The predicted molar refractivity (Wildman–Crippen MR) is 75.5 cm³/mol. The van der Waals surface area contributed by atoms with Crippen molar-refractivity contribution in [2.45, 2.75) is 13.5 Å². The predicted octanol–water partition coefficient (Wildman–Crippen LogP) is 3.34. The molecular formula is C11H13BrN4S. The van der Waals surface area contributed by atoms with E-state index in [2.05, 4.69) is 48.0 Å². The second kappa shape index (κ2) is 5.97. The van der Waals surface area contributed by atoms with E-state index in [4.69, 9.17) is 0 Å². The fourth-order valence-corrected chi connectivity index (χ4v) is 2.72. The normalized spacial score (nSPS) is 10.2. The van der Waals surface area contributed by atoms with Crippen LogP contribution in [-0.2, 0) is 6.54 Å². The van der Waals surface area contributed by atoms with E-state index in [1.165, 1.54) is 4.88 Å². The summed E-state index contributed by atoms with van der Waals surface area (Å²) >= 11 is 5.15. The highest BCUT2D eigenvalue weighted by molar-refractivity contribution is 9.10. The maximum Gasteiger partial charge on any atom is 0.224 e. The number of nitrogens with zero attached hydrogens (tertiary/aromatic N) is 2. The first-order valence-corrected chi connectivity index (χ1v) is 6.99. The van der Waals surface area contributed by atoms with Crippen molar-refractivity contribution in [2.75, 3.05) is 17.2 Å². The monoisotopic (exact) mass is 312 g/mol. The molecule has 17 heavy (non-hydrogen) atoms. The van der Waals surface area contributed by atoms with Gasteiger partial charge in [-0.25, -0.2) is 4.98 Å². The third-order valence-electron chi connectivity index (χ3n) is 2.06. The van der Waals surface area contributed by atoms with Crippen molar-refractivity contribution < 1.29 is 0 Å². The molecule has 0 unspecified atom stereocenters. The summed E-state index contributed by atoms with van der Waals surface area (Å²) in [6.45, 7) is 3.62. The summed E-state index contributed by atoms with van der Waals surface area (Å²) in [6, 6.07) is 3.97. The number of anilines is 2. The zero-order valence-corrected chi connectivity index (χ0v) is 11.8. The molecule has 0 atom stereocenters. The van der Waals surface area contributed by atoms with E-state index in [9.17, 15) is 0 Å². The van der Waals surface area contributed by atoms with Gasteiger partial charge in [-0.15, -0.1) is 11.3 Å². The smallest absolute Gasteiger partial charge is 0.224 e. The van der Waals surface area contributed by atoms with Crippen molar-refractivity contribution in [1.29, 1.82) is 0 Å². The van der Waals surface area contributed by atoms with Gasteiger partial charge in [-0.3, -0.25) is 0 Å². The molecule has 0 saturated carbocycles. The summed E-state index contributed by atoms with van der Waals surface area (Å²) in [5.41, 5.74) is 0. The molecule has 2 aromatic rings. The summed E-state index contributed by atoms with van der Waals surface area (Å²) in [6.07, 6.45) is 1.75. The first kappa shape index (κ1) is 12.3. The zero-order chi connectivity index (χ0) is 12.1. The van der Waals surface area contributed by atoms with Crippen molar-refractivity contribution >= 4 is 39.0 Å². The second-order valence-electron chi connectivity index (χ2n) is 3.38. The van der Waals surface area contributed by atoms with Gasteiger partial charge >= 0.3 is 0 Å². The minimum Gasteiger partial charge on any atom is -0.365 e. The number of rotatable bonds is 5. The lowest BCUT2D eigenvalue weighted by Crippen LogP contribution is -2.05. The van der Waals surface area contributed by atoms with Crippen LogP contribution in [0.25, 0.3) is 0 Å². The van der Waals surface area contributed by atoms with Crippen LogP contribution in [0.5, 0.6) is 0 Å². The number of hydrogen-bond acceptors (Lipinski definition) is 5. The molecule has 0 fully saturated rings. The Morgan fingerprint density at radius 3 is 3.00 bits per heavy atom. The van der Waals surface area contributed by atoms with Gasteiger partial charge in [0.2, 0.25) is 5.95 Å². The first-order valence-electron chi connectivity index (χ1n) is 5.31. The topological polar surface area (TPSA) is 49.8 Å². The van der Waals surface area contributed by atoms with Gasteiger partial charge < -0.3 is 10.6 Å². The largest absolute Gasteiger partial charge is 0.365 e. The zero-order valence-electron chi connectivity index (χ0n) is 9.40. The molecule has 0 amide bonds. The third-order valence-corrected chi connectivity index (χ3v) is 3.75. The molecule has 2 rings (SSSR count). The highest BCUT2D eigenvalue weighted by Crippen LogP contribution is 2.20. The van der Waals surface area contributed by atoms with Crippen LogP contribution in [0.15, 0.2) is 28.2 Å². The number of aromatic nitrogens is 2. The maximum absolute atomic E-state index is 4.34. The van der Waals surface area contributed by atoms with Crippen LogP contribution in [0.1, 0.15) is 11.8 Å². The van der Waals surface area contributed by atoms with Crippen LogP contribution in [0, 0.1) is 0 Å². The molecular weight excluding hydrogens is 300 g/mol. The molecule has 0 aliphatic carbocycles. The Bertz CT molecular complexity index is 486. The van der Waals surface area contributed by atoms with Crippen LogP contribution < -0.4 is 10.6 Å². The molecule has 0 aliphatic heterocycles. The molecule has 0 aromatic carbocycles. The van der Waals surface area contributed by atoms with Crippen LogP contribution in [-0.4, -0.2) is 16.5 Å². The summed E-state index contributed by atoms with van der Waals surface area (Å²) < 4.78 is 1.12. The van der Waals surface area contributed by atoms with E-state index in [-0.39, 0.29) is 0 Å². The Morgan fingerprint density at radius 2 is 2.29 bits per heavy atom. The number of hydrogen-bond donors (Lipinski definition) is 2. The molecule has 2 N–H and O–H groups in total. The Balaban J connectivity index is 1.96. The van der Waals surface area contributed by atoms with Crippen molar-refractivity contribution in [1.82, 2.24) is 9.97 Å². The Hall–Kier alpha value is -1.14. The molecule has 0 bridgehead atoms. The summed E-state index contributed by atoms with van der Waals surface area (Å²) in [5, 5.41) is 8.43. The van der Waals surface area contributed by atoms with Crippen LogP contribution in [0.4, 0.5) is 11.8 Å². The molecule has 6 heteroatoms. The van der Waals surface area contributed by atoms with Crippen LogP contribution in [0.3, 0.4) is 0 Å². The molecule has 0 saturated heterocycles. The van der Waals surface area contributed by atoms with Crippen molar-refractivity contribution in [2.24, 2.45) is 0 Å². The lowest BCUT2D eigenvalue weighted by atomic mass is 10.4. The number of halogens is 1. The van der Waals surface area contributed by atoms with Gasteiger partial charge in [0, 0.05) is 27.5 Å². The fourth-order valence-electron chi connectivity index (χ4n) is 1.32. The third kappa shape index (κ3) is 3.67. The average Bonchev–Trinajstić information content (AvgIpc) is 2.74. The molecule has 0 spiro atoms. The molecule has 2 heterocycles. The summed E-state index contributed by atoms with van der Waals surface area (Å²) in [5.74, 6) is 1.49. The van der Waals surface area contributed by atoms with E-state index in [0.717, 1.165) is 23.4 Å². The minimum absolute atomic E-state index is 0.657. The van der Waals surface area contributed by atoms with E-state index < -0.39 is 0 Å². The van der Waals surface area contributed by atoms with E-state index in [1.807, 2.05) is 13.0 Å². The molecule has 4 nitrogen and oxygen atoms in total. The summed E-state index contributed by atoms with van der Waals surface area (Å²) in [4.78, 5) is 9.73. The molecule has 0 aliphatic rings. The number of thiophene rings is 1. The maximum atomic E-state index is 4.34. The van der Waals surface area contributed by atoms with Crippen molar-refractivity contribution in [3.05, 3.63) is 33.1 Å². The molecule has 2 aromatic heterocycles. The first-order chi connectivity index (χ1) is 8.28. The van der Waals surface area contributed by atoms with Crippen molar-refractivity contribution in [3.8, 4) is 0 Å². The van der Waals surface area contributed by atoms with Gasteiger partial charge in [0.1, 0.15) is 5.82 Å². The van der Waals surface area contributed by atoms with Gasteiger partial charge in [-0.2, -0.15) is 4.98 Å². The van der Waals surface area contributed by atoms with E-state index >= 15 is 0 Å². The van der Waals surface area contributed by atoms with Gasteiger partial charge in [0.05, 0.1) is 6.54 Å².